The third-order valence-electron chi connectivity index (χ3n) is 10.1. The van der Waals surface area contributed by atoms with Crippen molar-refractivity contribution in [2.45, 2.75) is 238 Å². The van der Waals surface area contributed by atoms with Crippen molar-refractivity contribution in [2.24, 2.45) is 0 Å². The number of hydrogen-bond acceptors (Lipinski definition) is 5. The van der Waals surface area contributed by atoms with E-state index >= 15 is 0 Å². The molecule has 0 radical (unpaired) electrons. The standard InChI is InChI=1S/C49H88O5/c1-3-5-7-9-11-13-15-16-17-18-19-20-21-22-23-24-25-26-27-28-29-30-31-32-34-36-38-40-42-44-49(52)54-47(45-50)46-53-48(51)43-41-39-37-35-33-14-12-10-8-6-4-2/h10,12,15-16,18-19,21-22,47,50H,3-9,11,13-14,17,20,23-46H2,1-2H3/b12-10-,16-15-,19-18-,22-21-. The molecule has 5 nitrogen and oxygen atoms in total. The average Bonchev–Trinajstić information content (AvgIpc) is 3.17. The number of carbonyl (C=O) groups excluding carboxylic acids is 2. The fraction of sp³-hybridized carbons (Fsp3) is 0.796. The summed E-state index contributed by atoms with van der Waals surface area (Å²) < 4.78 is 10.6. The first-order valence-corrected chi connectivity index (χ1v) is 23.2. The number of esters is 2. The molecule has 0 saturated carbocycles. The lowest BCUT2D eigenvalue weighted by Crippen LogP contribution is -2.28. The van der Waals surface area contributed by atoms with Gasteiger partial charge in [0.25, 0.3) is 0 Å². The molecule has 0 aromatic rings. The molecule has 0 aliphatic rings. The van der Waals surface area contributed by atoms with E-state index in [1.165, 1.54) is 148 Å². The summed E-state index contributed by atoms with van der Waals surface area (Å²) in [4.78, 5) is 24.3. The van der Waals surface area contributed by atoms with E-state index in [4.69, 9.17) is 9.47 Å². The monoisotopic (exact) mass is 757 g/mol. The molecule has 0 bridgehead atoms. The summed E-state index contributed by atoms with van der Waals surface area (Å²) in [5, 5.41) is 9.57. The quantitative estimate of drug-likeness (QED) is 0.0381. The molecular weight excluding hydrogens is 669 g/mol. The molecule has 314 valence electrons. The summed E-state index contributed by atoms with van der Waals surface area (Å²) in [6, 6.07) is 0. The number of carbonyl (C=O) groups is 2. The Morgan fingerprint density at radius 3 is 1.19 bits per heavy atom. The van der Waals surface area contributed by atoms with Crippen LogP contribution in [0, 0.1) is 0 Å². The summed E-state index contributed by atoms with van der Waals surface area (Å²) in [7, 11) is 0. The normalized spacial score (nSPS) is 12.6. The van der Waals surface area contributed by atoms with Crippen LogP contribution in [0.3, 0.4) is 0 Å². The van der Waals surface area contributed by atoms with Gasteiger partial charge in [-0.3, -0.25) is 9.59 Å². The molecule has 0 heterocycles. The smallest absolute Gasteiger partial charge is 0.306 e. The lowest BCUT2D eigenvalue weighted by atomic mass is 10.0. The molecule has 1 unspecified atom stereocenters. The van der Waals surface area contributed by atoms with E-state index in [-0.39, 0.29) is 25.2 Å². The van der Waals surface area contributed by atoms with E-state index in [1.54, 1.807) is 0 Å². The van der Waals surface area contributed by atoms with Crippen LogP contribution in [0.15, 0.2) is 48.6 Å². The summed E-state index contributed by atoms with van der Waals surface area (Å²) in [6.07, 6.45) is 57.7. The van der Waals surface area contributed by atoms with E-state index in [9.17, 15) is 14.7 Å². The SMILES string of the molecule is CCCC/C=C\CCCCCCCC(=O)OCC(CO)OC(=O)CCCCCCCCCCCCCCCC/C=C\C/C=C\C/C=C\CCCCCCC. The van der Waals surface area contributed by atoms with Gasteiger partial charge in [0.05, 0.1) is 6.61 Å². The molecule has 5 heteroatoms. The molecule has 0 aromatic heterocycles. The van der Waals surface area contributed by atoms with Gasteiger partial charge in [0, 0.05) is 12.8 Å². The van der Waals surface area contributed by atoms with Gasteiger partial charge in [-0.1, -0.05) is 197 Å². The highest BCUT2D eigenvalue weighted by molar-refractivity contribution is 5.70. The fourth-order valence-corrected chi connectivity index (χ4v) is 6.54. The maximum absolute atomic E-state index is 12.2. The van der Waals surface area contributed by atoms with Gasteiger partial charge in [-0.15, -0.1) is 0 Å². The molecule has 0 amide bonds. The first-order valence-electron chi connectivity index (χ1n) is 23.2. The molecule has 0 aliphatic carbocycles. The zero-order valence-corrected chi connectivity index (χ0v) is 35.7. The molecule has 54 heavy (non-hydrogen) atoms. The van der Waals surface area contributed by atoms with Crippen molar-refractivity contribution < 1.29 is 24.2 Å². The lowest BCUT2D eigenvalue weighted by Gasteiger charge is -2.15. The van der Waals surface area contributed by atoms with Gasteiger partial charge in [-0.2, -0.15) is 0 Å². The predicted molar refractivity (Wildman–Crippen MR) is 233 cm³/mol. The number of unbranched alkanes of at least 4 members (excludes halogenated alkanes) is 26. The van der Waals surface area contributed by atoms with Crippen LogP contribution >= 0.6 is 0 Å². The minimum absolute atomic E-state index is 0.0696. The molecule has 1 atom stereocenters. The van der Waals surface area contributed by atoms with E-state index in [0.717, 1.165) is 57.8 Å². The van der Waals surface area contributed by atoms with Crippen LogP contribution in [0.2, 0.25) is 0 Å². The minimum Gasteiger partial charge on any atom is -0.462 e. The lowest BCUT2D eigenvalue weighted by molar-refractivity contribution is -0.161. The Balaban J connectivity index is 3.47. The topological polar surface area (TPSA) is 72.8 Å². The minimum atomic E-state index is -0.774. The maximum atomic E-state index is 12.2. The summed E-state index contributed by atoms with van der Waals surface area (Å²) in [5.41, 5.74) is 0. The second-order valence-corrected chi connectivity index (χ2v) is 15.5. The van der Waals surface area contributed by atoms with Gasteiger partial charge in [-0.05, 0) is 70.6 Å². The van der Waals surface area contributed by atoms with E-state index in [1.807, 2.05) is 0 Å². The number of aliphatic hydroxyl groups excluding tert-OH is 1. The molecule has 0 spiro atoms. The third kappa shape index (κ3) is 42.6. The zero-order valence-electron chi connectivity index (χ0n) is 35.7. The van der Waals surface area contributed by atoms with Crippen molar-refractivity contribution in [1.29, 1.82) is 0 Å². The van der Waals surface area contributed by atoms with E-state index in [0.29, 0.717) is 12.8 Å². The van der Waals surface area contributed by atoms with Gasteiger partial charge in [0.15, 0.2) is 6.10 Å². The van der Waals surface area contributed by atoms with Gasteiger partial charge in [-0.25, -0.2) is 0 Å². The van der Waals surface area contributed by atoms with Gasteiger partial charge in [0.2, 0.25) is 0 Å². The van der Waals surface area contributed by atoms with Gasteiger partial charge in [0.1, 0.15) is 6.61 Å². The first-order chi connectivity index (χ1) is 26.6. The first kappa shape index (κ1) is 51.9. The zero-order chi connectivity index (χ0) is 39.3. The summed E-state index contributed by atoms with van der Waals surface area (Å²) in [5.74, 6) is -0.600. The van der Waals surface area contributed by atoms with Crippen molar-refractivity contribution >= 4 is 11.9 Å². The second kappa shape index (κ2) is 45.3. The van der Waals surface area contributed by atoms with Crippen molar-refractivity contribution in [2.75, 3.05) is 13.2 Å². The number of ether oxygens (including phenoxy) is 2. The molecule has 0 fully saturated rings. The number of aliphatic hydroxyl groups is 1. The van der Waals surface area contributed by atoms with Crippen molar-refractivity contribution in [1.82, 2.24) is 0 Å². The Hall–Kier alpha value is -2.14. The van der Waals surface area contributed by atoms with Gasteiger partial charge < -0.3 is 14.6 Å². The Morgan fingerprint density at radius 2 is 0.759 bits per heavy atom. The Morgan fingerprint density at radius 1 is 0.426 bits per heavy atom. The highest BCUT2D eigenvalue weighted by atomic mass is 16.6. The second-order valence-electron chi connectivity index (χ2n) is 15.5. The number of hydrogen-bond donors (Lipinski definition) is 1. The Bertz CT molecular complexity index is 904. The molecular formula is C49H88O5. The Labute approximate surface area is 335 Å². The molecule has 0 rings (SSSR count). The maximum Gasteiger partial charge on any atom is 0.306 e. The van der Waals surface area contributed by atoms with Crippen LogP contribution in [0.25, 0.3) is 0 Å². The molecule has 0 aromatic carbocycles. The summed E-state index contributed by atoms with van der Waals surface area (Å²) >= 11 is 0. The third-order valence-corrected chi connectivity index (χ3v) is 10.1. The van der Waals surface area contributed by atoms with Crippen LogP contribution in [-0.2, 0) is 19.1 Å². The molecule has 1 N–H and O–H groups in total. The number of rotatable bonds is 42. The van der Waals surface area contributed by atoms with Crippen molar-refractivity contribution in [3.63, 3.8) is 0 Å². The van der Waals surface area contributed by atoms with E-state index in [2.05, 4.69) is 62.5 Å². The van der Waals surface area contributed by atoms with Crippen LogP contribution in [0.4, 0.5) is 0 Å². The van der Waals surface area contributed by atoms with E-state index < -0.39 is 6.10 Å². The Kier molecular flexibility index (Phi) is 43.5. The van der Waals surface area contributed by atoms with Crippen molar-refractivity contribution in [3.8, 4) is 0 Å². The van der Waals surface area contributed by atoms with Crippen LogP contribution < -0.4 is 0 Å². The van der Waals surface area contributed by atoms with Gasteiger partial charge >= 0.3 is 11.9 Å². The average molecular weight is 757 g/mol. The van der Waals surface area contributed by atoms with Crippen LogP contribution in [0.5, 0.6) is 0 Å². The summed E-state index contributed by atoms with van der Waals surface area (Å²) in [6.45, 7) is 4.09. The number of allylic oxidation sites excluding steroid dienone is 8. The highest BCUT2D eigenvalue weighted by Gasteiger charge is 2.16. The van der Waals surface area contributed by atoms with Crippen LogP contribution in [0.1, 0.15) is 232 Å². The molecule has 0 aliphatic heterocycles. The molecule has 0 saturated heterocycles. The van der Waals surface area contributed by atoms with Crippen LogP contribution in [-0.4, -0.2) is 36.4 Å². The predicted octanol–water partition coefficient (Wildman–Crippen LogP) is 15.0. The largest absolute Gasteiger partial charge is 0.462 e. The fourth-order valence-electron chi connectivity index (χ4n) is 6.54. The van der Waals surface area contributed by atoms with Crippen molar-refractivity contribution in [3.05, 3.63) is 48.6 Å². The highest BCUT2D eigenvalue weighted by Crippen LogP contribution is 2.15.